The van der Waals surface area contributed by atoms with Gasteiger partial charge in [-0.3, -0.25) is 13.9 Å². The highest BCUT2D eigenvalue weighted by Gasteiger charge is 2.34. The van der Waals surface area contributed by atoms with E-state index < -0.39 is 45.5 Å². The first-order valence-corrected chi connectivity index (χ1v) is 19.0. The van der Waals surface area contributed by atoms with E-state index in [0.717, 1.165) is 44.0 Å². The molecule has 3 heterocycles. The molecule has 57 heavy (non-hydrogen) atoms. The molecular weight excluding hydrogens is 766 g/mol. The molecule has 3 aromatic carbocycles. The van der Waals surface area contributed by atoms with Gasteiger partial charge in [-0.05, 0) is 130 Å². The fourth-order valence-corrected chi connectivity index (χ4v) is 8.13. The second-order valence-corrected chi connectivity index (χ2v) is 15.2. The van der Waals surface area contributed by atoms with Gasteiger partial charge >= 0.3 is 17.9 Å². The van der Waals surface area contributed by atoms with E-state index in [2.05, 4.69) is 10.4 Å². The Morgan fingerprint density at radius 1 is 0.965 bits per heavy atom. The number of hydrogen-bond acceptors (Lipinski definition) is 8. The molecule has 1 fully saturated rings. The van der Waals surface area contributed by atoms with Crippen molar-refractivity contribution in [1.29, 1.82) is 5.26 Å². The molecular formula is C39H41F3N8O6S. The Bertz CT molecular complexity index is 2580. The minimum atomic E-state index is -4.71. The lowest BCUT2D eigenvalue weighted by atomic mass is 9.84. The lowest BCUT2D eigenvalue weighted by molar-refractivity contribution is -0.137. The zero-order valence-corrected chi connectivity index (χ0v) is 32.6. The normalized spacial score (nSPS) is 14.1. The van der Waals surface area contributed by atoms with Crippen molar-refractivity contribution in [3.05, 3.63) is 116 Å². The number of aromatic nitrogens is 4. The molecule has 300 valence electrons. The summed E-state index contributed by atoms with van der Waals surface area (Å²) in [4.78, 5) is 43.5. The van der Waals surface area contributed by atoms with Gasteiger partial charge in [-0.15, -0.1) is 0 Å². The van der Waals surface area contributed by atoms with Gasteiger partial charge < -0.3 is 16.4 Å². The van der Waals surface area contributed by atoms with Crippen molar-refractivity contribution in [2.45, 2.75) is 70.5 Å². The molecule has 6 rings (SSSR count). The van der Waals surface area contributed by atoms with Gasteiger partial charge in [-0.25, -0.2) is 18.8 Å². The van der Waals surface area contributed by atoms with Crippen LogP contribution in [0.25, 0.3) is 22.8 Å². The minimum Gasteiger partial charge on any atom is -0.344 e. The van der Waals surface area contributed by atoms with Crippen LogP contribution in [0.15, 0.2) is 76.6 Å². The molecule has 5 aromatic rings. The van der Waals surface area contributed by atoms with Crippen molar-refractivity contribution >= 4 is 22.1 Å². The summed E-state index contributed by atoms with van der Waals surface area (Å²) < 4.78 is 78.4. The van der Waals surface area contributed by atoms with E-state index in [0.29, 0.717) is 29.7 Å². The van der Waals surface area contributed by atoms with E-state index in [-0.39, 0.29) is 52.8 Å². The largest absolute Gasteiger partial charge is 0.416 e. The standard InChI is InChI=1S/C39H38F3N7O6S.H3N/c1-22-23(2)32(20-34(24(22)3)56(53,54)55)28-14-17-46(18-15-28)36(50)25(4)45-37(51)48-35(33-13-16-44-49(33)30-11-9-27(21-43)10-12-30)26(5)47(38(48)52)31-8-6-7-29(19-31)39(40,41)42;/h6-13,16,19-20,25,28H,14-15,17-18H2,1-5H3,(H,45,51)(H,53,54,55);1H3. The van der Waals surface area contributed by atoms with Crippen LogP contribution in [0.2, 0.25) is 0 Å². The van der Waals surface area contributed by atoms with Crippen molar-refractivity contribution in [2.75, 3.05) is 13.1 Å². The molecule has 0 spiro atoms. The van der Waals surface area contributed by atoms with Crippen LogP contribution in [-0.2, 0) is 21.1 Å². The number of nitrogens with one attached hydrogen (secondary N) is 1. The Morgan fingerprint density at radius 3 is 2.21 bits per heavy atom. The number of piperidine rings is 1. The summed E-state index contributed by atoms with van der Waals surface area (Å²) in [7, 11) is -4.46. The van der Waals surface area contributed by atoms with Gasteiger partial charge in [0.25, 0.3) is 10.1 Å². The van der Waals surface area contributed by atoms with Crippen LogP contribution >= 0.6 is 0 Å². The molecule has 2 amide bonds. The predicted molar refractivity (Wildman–Crippen MR) is 204 cm³/mol. The Labute approximate surface area is 326 Å². The highest BCUT2D eigenvalue weighted by molar-refractivity contribution is 7.85. The van der Waals surface area contributed by atoms with Gasteiger partial charge in [0.1, 0.15) is 11.7 Å². The average Bonchev–Trinajstić information content (AvgIpc) is 3.74. The number of benzene rings is 3. The van der Waals surface area contributed by atoms with E-state index in [4.69, 9.17) is 0 Å². The van der Waals surface area contributed by atoms with Crippen LogP contribution in [0.3, 0.4) is 0 Å². The van der Waals surface area contributed by atoms with E-state index in [1.54, 1.807) is 43.0 Å². The SMILES string of the molecule is Cc1c(C2CCN(C(=O)C(C)NC(=O)n3c(-c4ccnn4-c4ccc(C#N)cc4)c(C)n(-c4cccc(C(F)(F)F)c4)c3=O)CC2)cc(S(=O)(=O)O)c(C)c1C.N. The number of amides is 2. The lowest BCUT2D eigenvalue weighted by Gasteiger charge is -2.35. The summed E-state index contributed by atoms with van der Waals surface area (Å²) in [6.45, 7) is 8.80. The molecule has 2 aromatic heterocycles. The maximum absolute atomic E-state index is 14.2. The number of nitriles is 1. The molecule has 1 aliphatic heterocycles. The molecule has 1 unspecified atom stereocenters. The van der Waals surface area contributed by atoms with Crippen LogP contribution in [0, 0.1) is 39.0 Å². The smallest absolute Gasteiger partial charge is 0.344 e. The number of halogens is 3. The third-order valence-electron chi connectivity index (χ3n) is 10.5. The second kappa shape index (κ2) is 15.8. The van der Waals surface area contributed by atoms with Crippen LogP contribution < -0.4 is 17.2 Å². The number of hydrogen-bond donors (Lipinski definition) is 3. The minimum absolute atomic E-state index is 0. The third kappa shape index (κ3) is 7.99. The Hall–Kier alpha value is -6.03. The molecule has 1 aliphatic rings. The summed E-state index contributed by atoms with van der Waals surface area (Å²) in [5.41, 5.74) is 1.92. The topological polar surface area (TPSA) is 207 Å². The highest BCUT2D eigenvalue weighted by atomic mass is 32.2. The number of nitrogens with zero attached hydrogens (tertiary/aromatic N) is 6. The summed E-state index contributed by atoms with van der Waals surface area (Å²) in [5.74, 6) is -0.553. The number of likely N-dealkylation sites (tertiary alicyclic amines) is 1. The van der Waals surface area contributed by atoms with Gasteiger partial charge in [0.05, 0.1) is 51.1 Å². The van der Waals surface area contributed by atoms with Crippen LogP contribution in [-0.4, -0.2) is 67.9 Å². The second-order valence-electron chi connectivity index (χ2n) is 13.8. The Balaban J connectivity index is 0.00000620. The number of carbonyl (C=O) groups excluding carboxylic acids is 2. The van der Waals surface area contributed by atoms with Crippen molar-refractivity contribution in [2.24, 2.45) is 0 Å². The van der Waals surface area contributed by atoms with Crippen molar-refractivity contribution in [3.8, 4) is 28.8 Å². The Kier molecular flexibility index (Phi) is 11.7. The number of carbonyl (C=O) groups is 2. The number of rotatable bonds is 7. The quantitative estimate of drug-likeness (QED) is 0.156. The van der Waals surface area contributed by atoms with E-state index in [1.807, 2.05) is 13.0 Å². The van der Waals surface area contributed by atoms with Crippen molar-refractivity contribution < 1.29 is 35.7 Å². The lowest BCUT2D eigenvalue weighted by Crippen LogP contribution is -2.51. The molecule has 0 bridgehead atoms. The first kappa shape index (κ1) is 42.1. The van der Waals surface area contributed by atoms with Gasteiger partial charge in [0.2, 0.25) is 5.91 Å². The molecule has 1 atom stereocenters. The van der Waals surface area contributed by atoms with E-state index in [9.17, 15) is 45.8 Å². The molecule has 5 N–H and O–H groups in total. The molecule has 18 heteroatoms. The van der Waals surface area contributed by atoms with Crippen LogP contribution in [0.5, 0.6) is 0 Å². The summed E-state index contributed by atoms with van der Waals surface area (Å²) in [6.07, 6.45) is -2.35. The zero-order valence-electron chi connectivity index (χ0n) is 31.8. The fourth-order valence-electron chi connectivity index (χ4n) is 7.31. The maximum Gasteiger partial charge on any atom is 0.416 e. The van der Waals surface area contributed by atoms with Crippen LogP contribution in [0.1, 0.15) is 64.8 Å². The van der Waals surface area contributed by atoms with Crippen molar-refractivity contribution in [1.82, 2.24) is 35.3 Å². The molecule has 0 saturated carbocycles. The van der Waals surface area contributed by atoms with Gasteiger partial charge in [-0.2, -0.15) is 31.9 Å². The zero-order chi connectivity index (χ0) is 40.9. The number of imidazole rings is 1. The fraction of sp³-hybridized carbons (Fsp3) is 0.308. The van der Waals surface area contributed by atoms with Gasteiger partial charge in [0.15, 0.2) is 0 Å². The first-order chi connectivity index (χ1) is 26.3. The van der Waals surface area contributed by atoms with E-state index in [1.165, 1.54) is 42.9 Å². The van der Waals surface area contributed by atoms with E-state index >= 15 is 0 Å². The van der Waals surface area contributed by atoms with Crippen LogP contribution in [0.4, 0.5) is 18.0 Å². The number of alkyl halides is 3. The molecule has 1 saturated heterocycles. The molecule has 0 radical (unpaired) electrons. The molecule has 14 nitrogen and oxygen atoms in total. The molecule has 0 aliphatic carbocycles. The predicted octanol–water partition coefficient (Wildman–Crippen LogP) is 6.38. The monoisotopic (exact) mass is 806 g/mol. The third-order valence-corrected chi connectivity index (χ3v) is 11.5. The van der Waals surface area contributed by atoms with Crippen molar-refractivity contribution in [3.63, 3.8) is 0 Å². The highest BCUT2D eigenvalue weighted by Crippen LogP contribution is 2.36. The maximum atomic E-state index is 14.2. The summed E-state index contributed by atoms with van der Waals surface area (Å²) in [5, 5.41) is 16.2. The summed E-state index contributed by atoms with van der Waals surface area (Å²) >= 11 is 0. The summed E-state index contributed by atoms with van der Waals surface area (Å²) in [6, 6.07) is 13.3. The van der Waals surface area contributed by atoms with Gasteiger partial charge in [0, 0.05) is 13.1 Å². The average molecular weight is 807 g/mol. The first-order valence-electron chi connectivity index (χ1n) is 17.6. The van der Waals surface area contributed by atoms with Gasteiger partial charge in [-0.1, -0.05) is 6.07 Å². The Morgan fingerprint density at radius 2 is 1.61 bits per heavy atom.